The number of benzene rings is 3. The van der Waals surface area contributed by atoms with Gasteiger partial charge in [-0.1, -0.05) is 167 Å². The van der Waals surface area contributed by atoms with E-state index in [1.54, 1.807) is 43.8 Å². The van der Waals surface area contributed by atoms with Crippen LogP contribution in [0.4, 0.5) is 0 Å². The third-order valence-corrected chi connectivity index (χ3v) is 25.3. The molecule has 3 aromatic carbocycles. The van der Waals surface area contributed by atoms with Crippen LogP contribution in [0.5, 0.6) is 0 Å². The van der Waals surface area contributed by atoms with Gasteiger partial charge >= 0.3 is 0 Å². The summed E-state index contributed by atoms with van der Waals surface area (Å²) in [4.78, 5) is 0. The lowest BCUT2D eigenvalue weighted by Crippen LogP contribution is -2.48. The highest BCUT2D eigenvalue weighted by Crippen LogP contribution is 2.67. The van der Waals surface area contributed by atoms with Crippen LogP contribution in [-0.4, -0.2) is 16.1 Å². The Morgan fingerprint density at radius 3 is 1.02 bits per heavy atom. The summed E-state index contributed by atoms with van der Waals surface area (Å²) in [5.41, 5.74) is 14.2. The second-order valence-electron chi connectivity index (χ2n) is 16.9. The van der Waals surface area contributed by atoms with Crippen molar-refractivity contribution in [3.05, 3.63) is 94.0 Å². The van der Waals surface area contributed by atoms with Crippen LogP contribution in [0.1, 0.15) is 166 Å². The smallest absolute Gasteiger partial charge is 0.0656 e. The van der Waals surface area contributed by atoms with Crippen molar-refractivity contribution < 1.29 is 0 Å². The molecule has 2 heteroatoms. The molecule has 7 rings (SSSR count). The molecule has 0 fully saturated rings. The lowest BCUT2D eigenvalue weighted by Gasteiger charge is -2.39. The van der Waals surface area contributed by atoms with Gasteiger partial charge in [-0.2, -0.15) is 0 Å². The summed E-state index contributed by atoms with van der Waals surface area (Å²) >= 11 is 0. The molecule has 0 radical (unpaired) electrons. The van der Waals surface area contributed by atoms with E-state index in [1.807, 2.05) is 21.5 Å². The second kappa shape index (κ2) is 13.8. The minimum Gasteiger partial charge on any atom is -0.0656 e. The third-order valence-electron chi connectivity index (χ3n) is 14.0. The van der Waals surface area contributed by atoms with E-state index in [9.17, 15) is 0 Å². The zero-order valence-corrected chi connectivity index (χ0v) is 35.1. The molecule has 0 saturated heterocycles. The first-order valence-corrected chi connectivity index (χ1v) is 26.1. The second-order valence-corrected chi connectivity index (χ2v) is 25.3. The van der Waals surface area contributed by atoms with Gasteiger partial charge in [-0.3, -0.25) is 0 Å². The Morgan fingerprint density at radius 1 is 0.400 bits per heavy atom. The molecule has 3 aromatic rings. The summed E-state index contributed by atoms with van der Waals surface area (Å²) in [6, 6.07) is 31.3. The predicted octanol–water partition coefficient (Wildman–Crippen LogP) is 13.3. The zero-order valence-electron chi connectivity index (χ0n) is 33.1. The highest BCUT2D eigenvalue weighted by molar-refractivity contribution is 7.10. The molecule has 266 valence electrons. The highest BCUT2D eigenvalue weighted by atomic mass is 28.3. The number of hydrogen-bond acceptors (Lipinski definition) is 0. The molecular weight excluding hydrogens is 633 g/mol. The first kappa shape index (κ1) is 36.0. The fourth-order valence-corrected chi connectivity index (χ4v) is 25.1. The van der Waals surface area contributed by atoms with Gasteiger partial charge in [-0.15, -0.1) is 0 Å². The average Bonchev–Trinajstić information content (AvgIpc) is 3.75. The van der Waals surface area contributed by atoms with E-state index in [-0.39, 0.29) is 10.8 Å². The summed E-state index contributed by atoms with van der Waals surface area (Å²) in [5, 5.41) is 7.39. The van der Waals surface area contributed by atoms with Crippen LogP contribution in [0.2, 0.25) is 24.2 Å². The molecule has 0 spiro atoms. The Morgan fingerprint density at radius 2 is 0.720 bits per heavy atom. The molecule has 0 saturated carbocycles. The van der Waals surface area contributed by atoms with E-state index in [4.69, 9.17) is 0 Å². The lowest BCUT2D eigenvalue weighted by atomic mass is 9.67. The first-order valence-electron chi connectivity index (χ1n) is 21.3. The summed E-state index contributed by atoms with van der Waals surface area (Å²) in [7, 11) is -3.92. The summed E-state index contributed by atoms with van der Waals surface area (Å²) in [6.07, 6.45) is 15.2. The van der Waals surface area contributed by atoms with Crippen LogP contribution in [0.25, 0.3) is 21.5 Å². The maximum absolute atomic E-state index is 2.94. The van der Waals surface area contributed by atoms with Crippen LogP contribution in [-0.2, 0) is 10.8 Å². The van der Waals surface area contributed by atoms with Crippen molar-refractivity contribution in [3.8, 4) is 0 Å². The van der Waals surface area contributed by atoms with Crippen molar-refractivity contribution in [1.29, 1.82) is 0 Å². The van der Waals surface area contributed by atoms with Gasteiger partial charge in [0.25, 0.3) is 0 Å². The third kappa shape index (κ3) is 4.65. The number of allylic oxidation sites excluding steroid dienone is 2. The van der Waals surface area contributed by atoms with E-state index >= 15 is 0 Å². The Kier molecular flexibility index (Phi) is 9.96. The van der Waals surface area contributed by atoms with E-state index in [1.165, 1.54) is 101 Å². The van der Waals surface area contributed by atoms with Gasteiger partial charge in [-0.25, -0.2) is 0 Å². The SMILES string of the molecule is CCCC1(CCC)C2=C(c3cc4c(cc31)C1=C(c3ccccc3[Si]1(CCC)CCC)C4(CCC)CCC)[Si](CCC)(CCC)c1ccccc12. The summed E-state index contributed by atoms with van der Waals surface area (Å²) in [5.74, 6) is 0. The van der Waals surface area contributed by atoms with Crippen molar-refractivity contribution in [1.82, 2.24) is 0 Å². The van der Waals surface area contributed by atoms with Gasteiger partial charge in [0, 0.05) is 10.8 Å². The van der Waals surface area contributed by atoms with Gasteiger partial charge in [0.2, 0.25) is 0 Å². The van der Waals surface area contributed by atoms with Gasteiger partial charge in [-0.05, 0) is 115 Å². The molecular formula is C48H66Si2. The maximum atomic E-state index is 2.94. The van der Waals surface area contributed by atoms with Crippen molar-refractivity contribution >= 4 is 48.1 Å². The lowest BCUT2D eigenvalue weighted by molar-refractivity contribution is 0.456. The molecule has 4 aliphatic rings. The summed E-state index contributed by atoms with van der Waals surface area (Å²) < 4.78 is 0. The normalized spacial score (nSPS) is 19.4. The van der Waals surface area contributed by atoms with Gasteiger partial charge in [0.1, 0.15) is 16.1 Å². The minimum absolute atomic E-state index is 0.127. The molecule has 0 N–H and O–H groups in total. The fourth-order valence-electron chi connectivity index (χ4n) is 13.1. The van der Waals surface area contributed by atoms with Crippen LogP contribution >= 0.6 is 0 Å². The predicted molar refractivity (Wildman–Crippen MR) is 227 cm³/mol. The molecule has 0 atom stereocenters. The quantitative estimate of drug-likeness (QED) is 0.131. The number of hydrogen-bond donors (Lipinski definition) is 0. The molecule has 2 heterocycles. The standard InChI is InChI=1S/C48H66Si2/c1-9-25-47(26-10-2)39-33-38-40(34-37(39)45-43(47)35-21-17-19-23-41(35)49(45,29-13-5)30-14-6)48(27-11-3,28-12-4)44-36-22-18-20-24-42(36)50(31-15-7,32-16-8)46(38)44/h17-24,33-34H,9-16,25-32H2,1-8H3. The zero-order chi connectivity index (χ0) is 35.3. The van der Waals surface area contributed by atoms with Crippen molar-refractivity contribution in [2.45, 2.75) is 167 Å². The molecule has 2 aliphatic heterocycles. The molecule has 0 unspecified atom stereocenters. The van der Waals surface area contributed by atoms with E-state index in [2.05, 4.69) is 116 Å². The van der Waals surface area contributed by atoms with E-state index in [0.717, 1.165) is 0 Å². The number of fused-ring (bicyclic) bond motifs is 8. The highest BCUT2D eigenvalue weighted by Gasteiger charge is 2.60. The monoisotopic (exact) mass is 698 g/mol. The number of rotatable bonds is 16. The van der Waals surface area contributed by atoms with E-state index in [0.29, 0.717) is 0 Å². The van der Waals surface area contributed by atoms with Crippen molar-refractivity contribution in [3.63, 3.8) is 0 Å². The fraction of sp³-hybridized carbons (Fsp3) is 0.542. The summed E-state index contributed by atoms with van der Waals surface area (Å²) in [6.45, 7) is 19.8. The Bertz CT molecular complexity index is 1660. The molecule has 0 nitrogen and oxygen atoms in total. The van der Waals surface area contributed by atoms with E-state index < -0.39 is 16.1 Å². The molecule has 2 aliphatic carbocycles. The van der Waals surface area contributed by atoms with Crippen LogP contribution in [0.15, 0.2) is 60.7 Å². The average molecular weight is 699 g/mol. The minimum atomic E-state index is -1.96. The van der Waals surface area contributed by atoms with Crippen molar-refractivity contribution in [2.24, 2.45) is 0 Å². The molecule has 0 amide bonds. The van der Waals surface area contributed by atoms with Crippen molar-refractivity contribution in [2.75, 3.05) is 0 Å². The van der Waals surface area contributed by atoms with Crippen LogP contribution in [0.3, 0.4) is 0 Å². The Balaban J connectivity index is 1.62. The Hall–Kier alpha value is -2.43. The molecule has 0 aromatic heterocycles. The molecule has 50 heavy (non-hydrogen) atoms. The van der Waals surface area contributed by atoms with Gasteiger partial charge in [0.15, 0.2) is 0 Å². The van der Waals surface area contributed by atoms with Gasteiger partial charge in [0.05, 0.1) is 0 Å². The first-order chi connectivity index (χ1) is 24.4. The van der Waals surface area contributed by atoms with Crippen LogP contribution in [0, 0.1) is 0 Å². The molecule has 0 bridgehead atoms. The Labute approximate surface area is 308 Å². The topological polar surface area (TPSA) is 0 Å². The van der Waals surface area contributed by atoms with Crippen LogP contribution < -0.4 is 10.4 Å². The largest absolute Gasteiger partial charge is 0.120 e. The van der Waals surface area contributed by atoms with Gasteiger partial charge < -0.3 is 0 Å². The maximum Gasteiger partial charge on any atom is 0.120 e.